The molecule has 0 spiro atoms. The number of unbranched alkanes of at least 4 members (excludes halogenated alkanes) is 6. The number of aliphatic hydroxyl groups is 2. The molecule has 0 amide bonds. The highest BCUT2D eigenvalue weighted by molar-refractivity contribution is 4.83. The summed E-state index contributed by atoms with van der Waals surface area (Å²) in [4.78, 5) is 0. The summed E-state index contributed by atoms with van der Waals surface area (Å²) in [5.41, 5.74) is 0. The molecule has 126 valence electrons. The Kier molecular flexibility index (Phi) is 10.3. The summed E-state index contributed by atoms with van der Waals surface area (Å²) in [5.74, 6) is 0. The standard InChI is InChI=1S/C18H36O3/c1-3-5-7-9-11-15(19)17-13-14-18(21-17)16(20)12-10-8-6-4-2/h15-20H,3-14H2,1-2H3/t15-,16-,17-,18-/m1/s1. The first kappa shape index (κ1) is 18.9. The topological polar surface area (TPSA) is 49.7 Å². The van der Waals surface area contributed by atoms with E-state index in [4.69, 9.17) is 4.74 Å². The molecule has 0 aromatic rings. The Labute approximate surface area is 131 Å². The lowest BCUT2D eigenvalue weighted by Crippen LogP contribution is -2.31. The monoisotopic (exact) mass is 300 g/mol. The molecule has 1 saturated heterocycles. The third-order valence-electron chi connectivity index (χ3n) is 4.65. The molecule has 1 heterocycles. The lowest BCUT2D eigenvalue weighted by molar-refractivity contribution is -0.0786. The Balaban J connectivity index is 2.15. The van der Waals surface area contributed by atoms with Gasteiger partial charge in [0, 0.05) is 0 Å². The maximum absolute atomic E-state index is 10.2. The van der Waals surface area contributed by atoms with Crippen LogP contribution >= 0.6 is 0 Å². The largest absolute Gasteiger partial charge is 0.390 e. The van der Waals surface area contributed by atoms with Crippen molar-refractivity contribution in [2.75, 3.05) is 0 Å². The molecule has 1 rings (SSSR count). The minimum absolute atomic E-state index is 0.0538. The Morgan fingerprint density at radius 2 is 1.19 bits per heavy atom. The summed E-state index contributed by atoms with van der Waals surface area (Å²) >= 11 is 0. The highest BCUT2D eigenvalue weighted by atomic mass is 16.5. The van der Waals surface area contributed by atoms with E-state index < -0.39 is 0 Å². The van der Waals surface area contributed by atoms with Crippen LogP contribution in [0, 0.1) is 0 Å². The van der Waals surface area contributed by atoms with Crippen LogP contribution in [0.15, 0.2) is 0 Å². The Bertz CT molecular complexity index is 221. The molecular weight excluding hydrogens is 264 g/mol. The fourth-order valence-corrected chi connectivity index (χ4v) is 3.19. The van der Waals surface area contributed by atoms with E-state index in [0.717, 1.165) is 38.5 Å². The molecule has 1 aliphatic rings. The third-order valence-corrected chi connectivity index (χ3v) is 4.65. The van der Waals surface area contributed by atoms with Crippen LogP contribution in [0.5, 0.6) is 0 Å². The van der Waals surface area contributed by atoms with E-state index in [-0.39, 0.29) is 24.4 Å². The summed E-state index contributed by atoms with van der Waals surface area (Å²) in [6, 6.07) is 0. The van der Waals surface area contributed by atoms with Crippen LogP contribution in [0.4, 0.5) is 0 Å². The number of aliphatic hydroxyl groups excluding tert-OH is 2. The molecule has 1 fully saturated rings. The van der Waals surface area contributed by atoms with Crippen LogP contribution < -0.4 is 0 Å². The second-order valence-electron chi connectivity index (χ2n) is 6.62. The summed E-state index contributed by atoms with van der Waals surface area (Å²) in [6.07, 6.45) is 12.2. The molecule has 4 atom stereocenters. The van der Waals surface area contributed by atoms with E-state index >= 15 is 0 Å². The van der Waals surface area contributed by atoms with E-state index in [1.165, 1.54) is 38.5 Å². The zero-order valence-electron chi connectivity index (χ0n) is 14.1. The van der Waals surface area contributed by atoms with Gasteiger partial charge in [0.1, 0.15) is 0 Å². The lowest BCUT2D eigenvalue weighted by atomic mass is 10.0. The van der Waals surface area contributed by atoms with Crippen molar-refractivity contribution in [1.82, 2.24) is 0 Å². The maximum Gasteiger partial charge on any atom is 0.0840 e. The van der Waals surface area contributed by atoms with Crippen LogP contribution in [-0.2, 0) is 4.74 Å². The molecule has 0 unspecified atom stereocenters. The van der Waals surface area contributed by atoms with E-state index in [0.29, 0.717) is 0 Å². The van der Waals surface area contributed by atoms with E-state index in [1.807, 2.05) is 0 Å². The quantitative estimate of drug-likeness (QED) is 0.531. The van der Waals surface area contributed by atoms with Crippen molar-refractivity contribution >= 4 is 0 Å². The highest BCUT2D eigenvalue weighted by Crippen LogP contribution is 2.28. The summed E-state index contributed by atoms with van der Waals surface area (Å²) in [6.45, 7) is 4.39. The Hall–Kier alpha value is -0.120. The van der Waals surface area contributed by atoms with E-state index in [1.54, 1.807) is 0 Å². The van der Waals surface area contributed by atoms with Gasteiger partial charge in [-0.3, -0.25) is 0 Å². The van der Waals surface area contributed by atoms with Crippen LogP contribution in [0.25, 0.3) is 0 Å². The summed E-state index contributed by atoms with van der Waals surface area (Å²) in [7, 11) is 0. The van der Waals surface area contributed by atoms with Crippen molar-refractivity contribution in [2.45, 2.75) is 115 Å². The average Bonchev–Trinajstić information content (AvgIpc) is 2.98. The predicted octanol–water partition coefficient (Wildman–Crippen LogP) is 4.20. The van der Waals surface area contributed by atoms with Crippen molar-refractivity contribution in [2.24, 2.45) is 0 Å². The van der Waals surface area contributed by atoms with Crippen molar-refractivity contribution in [3.05, 3.63) is 0 Å². The number of rotatable bonds is 12. The molecule has 0 radical (unpaired) electrons. The van der Waals surface area contributed by atoms with Crippen molar-refractivity contribution in [3.63, 3.8) is 0 Å². The first-order valence-electron chi connectivity index (χ1n) is 9.20. The fraction of sp³-hybridized carbons (Fsp3) is 1.00. The van der Waals surface area contributed by atoms with Gasteiger partial charge in [-0.15, -0.1) is 0 Å². The number of ether oxygens (including phenoxy) is 1. The molecule has 3 heteroatoms. The lowest BCUT2D eigenvalue weighted by Gasteiger charge is -2.22. The fourth-order valence-electron chi connectivity index (χ4n) is 3.19. The first-order chi connectivity index (χ1) is 10.2. The summed E-state index contributed by atoms with van der Waals surface area (Å²) < 4.78 is 5.90. The predicted molar refractivity (Wildman–Crippen MR) is 87.4 cm³/mol. The summed E-state index contributed by atoms with van der Waals surface area (Å²) in [5, 5.41) is 20.4. The van der Waals surface area contributed by atoms with Gasteiger partial charge in [0.2, 0.25) is 0 Å². The molecule has 0 bridgehead atoms. The first-order valence-corrected chi connectivity index (χ1v) is 9.20. The second-order valence-corrected chi connectivity index (χ2v) is 6.62. The average molecular weight is 300 g/mol. The van der Waals surface area contributed by atoms with Crippen LogP contribution in [0.1, 0.15) is 90.9 Å². The normalized spacial score (nSPS) is 25.1. The molecular formula is C18H36O3. The molecule has 0 aromatic heterocycles. The van der Waals surface area contributed by atoms with Gasteiger partial charge in [0.05, 0.1) is 24.4 Å². The molecule has 3 nitrogen and oxygen atoms in total. The third kappa shape index (κ3) is 7.62. The maximum atomic E-state index is 10.2. The van der Waals surface area contributed by atoms with Crippen molar-refractivity contribution in [1.29, 1.82) is 0 Å². The number of hydrogen-bond donors (Lipinski definition) is 2. The van der Waals surface area contributed by atoms with Gasteiger partial charge in [-0.05, 0) is 25.7 Å². The minimum atomic E-state index is -0.348. The zero-order valence-corrected chi connectivity index (χ0v) is 14.1. The van der Waals surface area contributed by atoms with Gasteiger partial charge < -0.3 is 14.9 Å². The van der Waals surface area contributed by atoms with E-state index in [2.05, 4.69) is 13.8 Å². The molecule has 0 saturated carbocycles. The van der Waals surface area contributed by atoms with Gasteiger partial charge in [-0.1, -0.05) is 65.2 Å². The minimum Gasteiger partial charge on any atom is -0.390 e. The van der Waals surface area contributed by atoms with Crippen molar-refractivity contribution in [3.8, 4) is 0 Å². The van der Waals surface area contributed by atoms with Gasteiger partial charge in [0.15, 0.2) is 0 Å². The number of hydrogen-bond acceptors (Lipinski definition) is 3. The van der Waals surface area contributed by atoms with Crippen LogP contribution in [-0.4, -0.2) is 34.6 Å². The molecule has 21 heavy (non-hydrogen) atoms. The van der Waals surface area contributed by atoms with Crippen molar-refractivity contribution < 1.29 is 14.9 Å². The van der Waals surface area contributed by atoms with Gasteiger partial charge in [0.25, 0.3) is 0 Å². The smallest absolute Gasteiger partial charge is 0.0840 e. The molecule has 0 aliphatic carbocycles. The van der Waals surface area contributed by atoms with Crippen LogP contribution in [0.2, 0.25) is 0 Å². The van der Waals surface area contributed by atoms with Gasteiger partial charge in [-0.25, -0.2) is 0 Å². The molecule has 2 N–H and O–H groups in total. The molecule has 1 aliphatic heterocycles. The zero-order chi connectivity index (χ0) is 15.5. The Morgan fingerprint density at radius 1 is 0.762 bits per heavy atom. The SMILES string of the molecule is CCCCCC[C@@H](O)[C@H]1CC[C@H]([C@H](O)CCCCCC)O1. The molecule has 0 aromatic carbocycles. The van der Waals surface area contributed by atoms with Gasteiger partial charge in [-0.2, -0.15) is 0 Å². The van der Waals surface area contributed by atoms with Crippen LogP contribution in [0.3, 0.4) is 0 Å². The van der Waals surface area contributed by atoms with E-state index in [9.17, 15) is 10.2 Å². The second kappa shape index (κ2) is 11.4. The Morgan fingerprint density at radius 3 is 1.57 bits per heavy atom. The highest BCUT2D eigenvalue weighted by Gasteiger charge is 2.33. The van der Waals surface area contributed by atoms with Gasteiger partial charge >= 0.3 is 0 Å².